The lowest BCUT2D eigenvalue weighted by molar-refractivity contribution is -0.0395. The molecule has 94 valence electrons. The van der Waals surface area contributed by atoms with E-state index in [1.807, 2.05) is 0 Å². The number of ether oxygens (including phenoxy) is 1. The van der Waals surface area contributed by atoms with E-state index < -0.39 is 0 Å². The second-order valence-corrected chi connectivity index (χ2v) is 6.66. The van der Waals surface area contributed by atoms with Crippen LogP contribution in [0.4, 0.5) is 0 Å². The average Bonchev–Trinajstić information content (AvgIpc) is 2.60. The molecule has 0 radical (unpaired) electrons. The molecule has 0 aromatic heterocycles. The maximum Gasteiger partial charge on any atom is 0.0598 e. The third-order valence-corrected chi connectivity index (χ3v) is 4.31. The van der Waals surface area contributed by atoms with Crippen LogP contribution in [0.15, 0.2) is 0 Å². The van der Waals surface area contributed by atoms with Crippen molar-refractivity contribution in [3.05, 3.63) is 0 Å². The Morgan fingerprint density at radius 3 is 2.25 bits per heavy atom. The van der Waals surface area contributed by atoms with Crippen LogP contribution >= 0.6 is 0 Å². The number of rotatable bonds is 4. The summed E-state index contributed by atoms with van der Waals surface area (Å²) in [5.41, 5.74) is 0.607. The molecule has 1 saturated heterocycles. The average molecular weight is 225 g/mol. The van der Waals surface area contributed by atoms with Crippen molar-refractivity contribution in [3.8, 4) is 0 Å². The van der Waals surface area contributed by atoms with E-state index in [0.717, 1.165) is 12.5 Å². The minimum atomic E-state index is 0.0219. The molecule has 0 aromatic rings. The first kappa shape index (κ1) is 12.4. The Hall–Kier alpha value is -0.0800. The third-order valence-electron chi connectivity index (χ3n) is 4.31. The van der Waals surface area contributed by atoms with E-state index in [4.69, 9.17) is 4.74 Å². The Balaban J connectivity index is 1.80. The van der Waals surface area contributed by atoms with Crippen LogP contribution in [0.3, 0.4) is 0 Å². The molecule has 2 heteroatoms. The van der Waals surface area contributed by atoms with E-state index in [0.29, 0.717) is 5.41 Å². The smallest absolute Gasteiger partial charge is 0.0598 e. The van der Waals surface area contributed by atoms with E-state index >= 15 is 0 Å². The van der Waals surface area contributed by atoms with Gasteiger partial charge in [-0.3, -0.25) is 0 Å². The standard InChI is InChI=1S/C14H27NO/c1-13(2,3)16-9-8-14(10-15-11-14)12-6-4-5-7-12/h12,15H,4-11H2,1-3H3. The SMILES string of the molecule is CC(C)(C)OCCC1(C2CCCC2)CNC1. The molecule has 2 nitrogen and oxygen atoms in total. The van der Waals surface area contributed by atoms with Gasteiger partial charge in [0.15, 0.2) is 0 Å². The Kier molecular flexibility index (Phi) is 3.60. The van der Waals surface area contributed by atoms with Gasteiger partial charge in [-0.2, -0.15) is 0 Å². The molecular weight excluding hydrogens is 198 g/mol. The number of hydrogen-bond donors (Lipinski definition) is 1. The highest BCUT2D eigenvalue weighted by molar-refractivity contribution is 4.98. The van der Waals surface area contributed by atoms with Gasteiger partial charge < -0.3 is 10.1 Å². The van der Waals surface area contributed by atoms with Crippen LogP contribution in [-0.4, -0.2) is 25.3 Å². The second kappa shape index (κ2) is 4.66. The van der Waals surface area contributed by atoms with Gasteiger partial charge in [0.1, 0.15) is 0 Å². The lowest BCUT2D eigenvalue weighted by atomic mass is 9.67. The zero-order valence-corrected chi connectivity index (χ0v) is 11.1. The topological polar surface area (TPSA) is 21.3 Å². The van der Waals surface area contributed by atoms with E-state index in [1.54, 1.807) is 0 Å². The van der Waals surface area contributed by atoms with Gasteiger partial charge in [0.25, 0.3) is 0 Å². The van der Waals surface area contributed by atoms with Crippen molar-refractivity contribution in [3.63, 3.8) is 0 Å². The van der Waals surface area contributed by atoms with Crippen LogP contribution in [0, 0.1) is 11.3 Å². The van der Waals surface area contributed by atoms with Crippen LogP contribution in [0.2, 0.25) is 0 Å². The number of nitrogens with one attached hydrogen (secondary N) is 1. The van der Waals surface area contributed by atoms with E-state index in [-0.39, 0.29) is 5.60 Å². The molecule has 0 unspecified atom stereocenters. The van der Waals surface area contributed by atoms with Crippen LogP contribution in [0.25, 0.3) is 0 Å². The van der Waals surface area contributed by atoms with Crippen LogP contribution < -0.4 is 5.32 Å². The number of hydrogen-bond acceptors (Lipinski definition) is 2. The highest BCUT2D eigenvalue weighted by atomic mass is 16.5. The molecule has 1 aliphatic carbocycles. The molecule has 0 atom stereocenters. The normalized spacial score (nSPS) is 25.7. The molecule has 16 heavy (non-hydrogen) atoms. The fraction of sp³-hybridized carbons (Fsp3) is 1.00. The van der Waals surface area contributed by atoms with Gasteiger partial charge in [0.2, 0.25) is 0 Å². The predicted molar refractivity (Wildman–Crippen MR) is 67.6 cm³/mol. The minimum absolute atomic E-state index is 0.0219. The molecule has 2 fully saturated rings. The van der Waals surface area contributed by atoms with Crippen molar-refractivity contribution in [2.24, 2.45) is 11.3 Å². The molecule has 1 N–H and O–H groups in total. The quantitative estimate of drug-likeness (QED) is 0.794. The highest BCUT2D eigenvalue weighted by Crippen LogP contribution is 2.45. The summed E-state index contributed by atoms with van der Waals surface area (Å²) in [5.74, 6) is 0.970. The fourth-order valence-electron chi connectivity index (χ4n) is 3.21. The fourth-order valence-corrected chi connectivity index (χ4v) is 3.21. The molecule has 2 aliphatic rings. The monoisotopic (exact) mass is 225 g/mol. The van der Waals surface area contributed by atoms with E-state index in [1.165, 1.54) is 45.2 Å². The van der Waals surface area contributed by atoms with Crippen molar-refractivity contribution in [2.45, 2.75) is 58.5 Å². The van der Waals surface area contributed by atoms with Gasteiger partial charge in [0, 0.05) is 25.1 Å². The summed E-state index contributed by atoms with van der Waals surface area (Å²) in [6.07, 6.45) is 7.06. The van der Waals surface area contributed by atoms with Crippen molar-refractivity contribution in [2.75, 3.05) is 19.7 Å². The summed E-state index contributed by atoms with van der Waals surface area (Å²) in [6, 6.07) is 0. The molecule has 2 rings (SSSR count). The lowest BCUT2D eigenvalue weighted by Crippen LogP contribution is -2.57. The van der Waals surface area contributed by atoms with Crippen molar-refractivity contribution < 1.29 is 4.74 Å². The first-order valence-corrected chi connectivity index (χ1v) is 6.87. The van der Waals surface area contributed by atoms with Crippen LogP contribution in [0.5, 0.6) is 0 Å². The molecule has 1 aliphatic heterocycles. The molecule has 1 saturated carbocycles. The van der Waals surface area contributed by atoms with Crippen molar-refractivity contribution in [1.29, 1.82) is 0 Å². The highest BCUT2D eigenvalue weighted by Gasteiger charge is 2.44. The first-order chi connectivity index (χ1) is 7.52. The first-order valence-electron chi connectivity index (χ1n) is 6.87. The maximum atomic E-state index is 5.89. The Morgan fingerprint density at radius 2 is 1.81 bits per heavy atom. The zero-order chi connectivity index (χ0) is 11.6. The molecule has 0 aromatic carbocycles. The van der Waals surface area contributed by atoms with Gasteiger partial charge in [0.05, 0.1) is 5.60 Å². The van der Waals surface area contributed by atoms with Gasteiger partial charge >= 0.3 is 0 Å². The molecule has 0 bridgehead atoms. The summed E-state index contributed by atoms with van der Waals surface area (Å²) >= 11 is 0. The van der Waals surface area contributed by atoms with Crippen LogP contribution in [-0.2, 0) is 4.74 Å². The summed E-state index contributed by atoms with van der Waals surface area (Å²) in [5, 5.41) is 3.47. The molecular formula is C14H27NO. The van der Waals surface area contributed by atoms with Gasteiger partial charge in [-0.1, -0.05) is 12.8 Å². The largest absolute Gasteiger partial charge is 0.376 e. The Morgan fingerprint density at radius 1 is 1.19 bits per heavy atom. The van der Waals surface area contributed by atoms with E-state index in [2.05, 4.69) is 26.1 Å². The van der Waals surface area contributed by atoms with Crippen LogP contribution in [0.1, 0.15) is 52.9 Å². The Bertz CT molecular complexity index is 221. The summed E-state index contributed by atoms with van der Waals surface area (Å²) in [7, 11) is 0. The predicted octanol–water partition coefficient (Wildman–Crippen LogP) is 2.97. The van der Waals surface area contributed by atoms with Crippen molar-refractivity contribution in [1.82, 2.24) is 5.32 Å². The summed E-state index contributed by atoms with van der Waals surface area (Å²) in [6.45, 7) is 9.83. The maximum absolute atomic E-state index is 5.89. The molecule has 0 amide bonds. The molecule has 0 spiro atoms. The van der Waals surface area contributed by atoms with Gasteiger partial charge in [-0.15, -0.1) is 0 Å². The van der Waals surface area contributed by atoms with Gasteiger partial charge in [-0.05, 0) is 46.0 Å². The zero-order valence-electron chi connectivity index (χ0n) is 11.1. The minimum Gasteiger partial charge on any atom is -0.376 e. The second-order valence-electron chi connectivity index (χ2n) is 6.66. The Labute approximate surface area is 100 Å². The van der Waals surface area contributed by atoms with E-state index in [9.17, 15) is 0 Å². The lowest BCUT2D eigenvalue weighted by Gasteiger charge is -2.48. The third kappa shape index (κ3) is 2.78. The van der Waals surface area contributed by atoms with Gasteiger partial charge in [-0.25, -0.2) is 0 Å². The molecule has 1 heterocycles. The summed E-state index contributed by atoms with van der Waals surface area (Å²) in [4.78, 5) is 0. The summed E-state index contributed by atoms with van der Waals surface area (Å²) < 4.78 is 5.89. The van der Waals surface area contributed by atoms with Crippen molar-refractivity contribution >= 4 is 0 Å².